The quantitative estimate of drug-likeness (QED) is 0.572. The van der Waals surface area contributed by atoms with Gasteiger partial charge in [0.15, 0.2) is 0 Å². The van der Waals surface area contributed by atoms with E-state index < -0.39 is 0 Å². The Labute approximate surface area is 115 Å². The molecule has 1 aromatic carbocycles. The van der Waals surface area contributed by atoms with Gasteiger partial charge in [0, 0.05) is 24.2 Å². The van der Waals surface area contributed by atoms with E-state index in [1.165, 1.54) is 12.8 Å². The topological polar surface area (TPSA) is 55.2 Å². The summed E-state index contributed by atoms with van der Waals surface area (Å²) in [4.78, 5) is 10.6. The van der Waals surface area contributed by atoms with Gasteiger partial charge >= 0.3 is 0 Å². The Bertz CT molecular complexity index is 405. The first-order chi connectivity index (χ1) is 9.00. The summed E-state index contributed by atoms with van der Waals surface area (Å²) in [5.74, 6) is 0.738. The fourth-order valence-electron chi connectivity index (χ4n) is 2.06. The molecule has 0 aliphatic heterocycles. The lowest BCUT2D eigenvalue weighted by Crippen LogP contribution is -2.25. The molecular weight excluding hydrogens is 240 g/mol. The molecule has 4 nitrogen and oxygen atoms in total. The van der Waals surface area contributed by atoms with E-state index in [2.05, 4.69) is 26.1 Å². The lowest BCUT2D eigenvalue weighted by Gasteiger charge is -2.14. The number of rotatable bonds is 8. The molecule has 1 atom stereocenters. The summed E-state index contributed by atoms with van der Waals surface area (Å²) in [5, 5.41) is 14.3. The molecule has 0 aliphatic rings. The molecule has 1 unspecified atom stereocenters. The molecule has 4 heteroatoms. The highest BCUT2D eigenvalue weighted by Gasteiger charge is 2.12. The van der Waals surface area contributed by atoms with Crippen molar-refractivity contribution in [2.24, 2.45) is 5.92 Å². The van der Waals surface area contributed by atoms with Crippen LogP contribution in [0.15, 0.2) is 24.3 Å². The summed E-state index contributed by atoms with van der Waals surface area (Å²) in [7, 11) is 0. The minimum Gasteiger partial charge on any atom is -0.310 e. The van der Waals surface area contributed by atoms with Crippen molar-refractivity contribution < 1.29 is 4.92 Å². The SMILES string of the molecule is CC(C)CCCC(C)NCc1ccccc1[N+](=O)[O-]. The second-order valence-electron chi connectivity index (χ2n) is 5.49. The van der Waals surface area contributed by atoms with Gasteiger partial charge in [-0.2, -0.15) is 0 Å². The van der Waals surface area contributed by atoms with Gasteiger partial charge in [-0.15, -0.1) is 0 Å². The summed E-state index contributed by atoms with van der Waals surface area (Å²) < 4.78 is 0. The normalized spacial score (nSPS) is 12.6. The highest BCUT2D eigenvalue weighted by atomic mass is 16.6. The van der Waals surface area contributed by atoms with Crippen LogP contribution in [0, 0.1) is 16.0 Å². The number of nitro groups is 1. The first-order valence-corrected chi connectivity index (χ1v) is 6.96. The highest BCUT2D eigenvalue weighted by molar-refractivity contribution is 5.39. The lowest BCUT2D eigenvalue weighted by atomic mass is 10.0. The molecule has 0 amide bonds. The van der Waals surface area contributed by atoms with Gasteiger partial charge in [-0.3, -0.25) is 10.1 Å². The molecule has 0 aromatic heterocycles. The van der Waals surface area contributed by atoms with Crippen LogP contribution in [0.25, 0.3) is 0 Å². The van der Waals surface area contributed by atoms with E-state index in [9.17, 15) is 10.1 Å². The monoisotopic (exact) mass is 264 g/mol. The van der Waals surface area contributed by atoms with Crippen LogP contribution in [-0.2, 0) is 6.54 Å². The van der Waals surface area contributed by atoms with Gasteiger partial charge in [0.1, 0.15) is 0 Å². The molecule has 0 bridgehead atoms. The van der Waals surface area contributed by atoms with Gasteiger partial charge in [-0.25, -0.2) is 0 Å². The average molecular weight is 264 g/mol. The molecule has 0 saturated carbocycles. The van der Waals surface area contributed by atoms with E-state index in [4.69, 9.17) is 0 Å². The molecular formula is C15H24N2O2. The largest absolute Gasteiger partial charge is 0.310 e. The predicted molar refractivity (Wildman–Crippen MR) is 78.1 cm³/mol. The molecule has 0 heterocycles. The van der Waals surface area contributed by atoms with Crippen molar-refractivity contribution in [3.8, 4) is 0 Å². The Balaban J connectivity index is 2.42. The molecule has 1 N–H and O–H groups in total. The molecule has 106 valence electrons. The molecule has 0 saturated heterocycles. The summed E-state index contributed by atoms with van der Waals surface area (Å²) >= 11 is 0. The van der Waals surface area contributed by atoms with Crippen LogP contribution in [-0.4, -0.2) is 11.0 Å². The Morgan fingerprint density at radius 2 is 1.89 bits per heavy atom. The third-order valence-electron chi connectivity index (χ3n) is 3.25. The number of benzene rings is 1. The van der Waals surface area contributed by atoms with Crippen molar-refractivity contribution >= 4 is 5.69 Å². The number of para-hydroxylation sites is 1. The molecule has 0 radical (unpaired) electrons. The minimum atomic E-state index is -0.319. The maximum Gasteiger partial charge on any atom is 0.273 e. The van der Waals surface area contributed by atoms with Crippen molar-refractivity contribution in [2.75, 3.05) is 0 Å². The Morgan fingerprint density at radius 1 is 1.21 bits per heavy atom. The molecule has 19 heavy (non-hydrogen) atoms. The van der Waals surface area contributed by atoms with Gasteiger partial charge in [-0.1, -0.05) is 44.9 Å². The van der Waals surface area contributed by atoms with Crippen molar-refractivity contribution in [2.45, 2.75) is 52.6 Å². The average Bonchev–Trinajstić information content (AvgIpc) is 2.36. The standard InChI is InChI=1S/C15H24N2O2/c1-12(2)7-6-8-13(3)16-11-14-9-4-5-10-15(14)17(18)19/h4-5,9-10,12-13,16H,6-8,11H2,1-3H3. The van der Waals surface area contributed by atoms with Gasteiger partial charge in [-0.05, 0) is 19.3 Å². The molecule has 0 spiro atoms. The summed E-state index contributed by atoms with van der Waals surface area (Å²) in [5.41, 5.74) is 0.951. The van der Waals surface area contributed by atoms with Crippen LogP contribution in [0.4, 0.5) is 5.69 Å². The molecule has 1 rings (SSSR count). The minimum absolute atomic E-state index is 0.199. The van der Waals surface area contributed by atoms with Crippen LogP contribution in [0.2, 0.25) is 0 Å². The van der Waals surface area contributed by atoms with E-state index in [0.717, 1.165) is 17.9 Å². The molecule has 0 fully saturated rings. The summed E-state index contributed by atoms with van der Waals surface area (Å²) in [6.45, 7) is 7.14. The van der Waals surface area contributed by atoms with Crippen molar-refractivity contribution in [1.29, 1.82) is 0 Å². The smallest absolute Gasteiger partial charge is 0.273 e. The number of hydrogen-bond acceptors (Lipinski definition) is 3. The van der Waals surface area contributed by atoms with Crippen molar-refractivity contribution in [1.82, 2.24) is 5.32 Å². The Hall–Kier alpha value is -1.42. The predicted octanol–water partition coefficient (Wildman–Crippen LogP) is 3.90. The first-order valence-electron chi connectivity index (χ1n) is 6.96. The van der Waals surface area contributed by atoms with Crippen molar-refractivity contribution in [3.05, 3.63) is 39.9 Å². The number of nitrogens with one attached hydrogen (secondary N) is 1. The van der Waals surface area contributed by atoms with Gasteiger partial charge in [0.2, 0.25) is 0 Å². The third kappa shape index (κ3) is 5.83. The second kappa shape index (κ2) is 7.89. The maximum atomic E-state index is 10.9. The second-order valence-corrected chi connectivity index (χ2v) is 5.49. The van der Waals surface area contributed by atoms with Gasteiger partial charge in [0.25, 0.3) is 5.69 Å². The Kier molecular flexibility index (Phi) is 6.50. The third-order valence-corrected chi connectivity index (χ3v) is 3.25. The summed E-state index contributed by atoms with van der Waals surface area (Å²) in [6, 6.07) is 7.30. The number of hydrogen-bond donors (Lipinski definition) is 1. The van der Waals surface area contributed by atoms with E-state index in [1.807, 2.05) is 12.1 Å². The summed E-state index contributed by atoms with van der Waals surface area (Å²) in [6.07, 6.45) is 3.54. The van der Waals surface area contributed by atoms with E-state index >= 15 is 0 Å². The van der Waals surface area contributed by atoms with Crippen molar-refractivity contribution in [3.63, 3.8) is 0 Å². The van der Waals surface area contributed by atoms with Crippen LogP contribution in [0.3, 0.4) is 0 Å². The zero-order chi connectivity index (χ0) is 14.3. The van der Waals surface area contributed by atoms with Crippen LogP contribution in [0.1, 0.15) is 45.6 Å². The van der Waals surface area contributed by atoms with E-state index in [-0.39, 0.29) is 10.6 Å². The van der Waals surface area contributed by atoms with E-state index in [0.29, 0.717) is 12.6 Å². The zero-order valence-corrected chi connectivity index (χ0v) is 12.1. The number of nitro benzene ring substituents is 1. The zero-order valence-electron chi connectivity index (χ0n) is 12.1. The maximum absolute atomic E-state index is 10.9. The van der Waals surface area contributed by atoms with Crippen LogP contribution in [0.5, 0.6) is 0 Å². The molecule has 0 aliphatic carbocycles. The lowest BCUT2D eigenvalue weighted by molar-refractivity contribution is -0.385. The highest BCUT2D eigenvalue weighted by Crippen LogP contribution is 2.17. The van der Waals surface area contributed by atoms with Gasteiger partial charge < -0.3 is 5.32 Å². The van der Waals surface area contributed by atoms with Crippen LogP contribution < -0.4 is 5.32 Å². The van der Waals surface area contributed by atoms with Gasteiger partial charge in [0.05, 0.1) is 4.92 Å². The Morgan fingerprint density at radius 3 is 2.53 bits per heavy atom. The fourth-order valence-corrected chi connectivity index (χ4v) is 2.06. The number of nitrogens with zero attached hydrogens (tertiary/aromatic N) is 1. The fraction of sp³-hybridized carbons (Fsp3) is 0.600. The van der Waals surface area contributed by atoms with E-state index in [1.54, 1.807) is 12.1 Å². The molecule has 1 aromatic rings. The van der Waals surface area contributed by atoms with Crippen LogP contribution >= 0.6 is 0 Å². The first kappa shape index (κ1) is 15.6.